The number of ether oxygens (including phenoxy) is 1. The number of rotatable bonds is 8. The summed E-state index contributed by atoms with van der Waals surface area (Å²) in [5.74, 6) is -0.522. The Labute approximate surface area is 84.6 Å². The van der Waals surface area contributed by atoms with Gasteiger partial charge in [-0.25, -0.2) is 0 Å². The zero-order valence-corrected chi connectivity index (χ0v) is 8.82. The Kier molecular flexibility index (Phi) is 7.37. The van der Waals surface area contributed by atoms with Crippen LogP contribution in [0.4, 0.5) is 0 Å². The molecule has 5 heteroatoms. The fourth-order valence-corrected chi connectivity index (χ4v) is 1.05. The first-order valence-electron chi connectivity index (χ1n) is 4.74. The van der Waals surface area contributed by atoms with Crippen molar-refractivity contribution >= 4 is 5.91 Å². The van der Waals surface area contributed by atoms with Crippen LogP contribution in [-0.2, 0) is 9.53 Å². The van der Waals surface area contributed by atoms with Gasteiger partial charge >= 0.3 is 0 Å². The molecule has 2 atom stereocenters. The van der Waals surface area contributed by atoms with Gasteiger partial charge in [0.15, 0.2) is 0 Å². The molecule has 4 N–H and O–H groups in total. The number of methoxy groups -OCH3 is 1. The zero-order chi connectivity index (χ0) is 11.0. The average Bonchev–Trinajstić information content (AvgIpc) is 2.14. The molecule has 0 aromatic carbocycles. The molecule has 0 aromatic heterocycles. The van der Waals surface area contributed by atoms with Gasteiger partial charge in [0.2, 0.25) is 5.91 Å². The smallest absolute Gasteiger partial charge is 0.221 e. The Morgan fingerprint density at radius 2 is 2.29 bits per heavy atom. The molecule has 0 aromatic rings. The highest BCUT2D eigenvalue weighted by Gasteiger charge is 2.12. The van der Waals surface area contributed by atoms with Crippen molar-refractivity contribution in [3.63, 3.8) is 0 Å². The molecule has 0 saturated carbocycles. The molecular weight excluding hydrogens is 184 g/mol. The van der Waals surface area contributed by atoms with Crippen LogP contribution in [0.2, 0.25) is 0 Å². The van der Waals surface area contributed by atoms with Crippen molar-refractivity contribution in [1.29, 1.82) is 0 Å². The van der Waals surface area contributed by atoms with Crippen molar-refractivity contribution < 1.29 is 14.6 Å². The molecule has 0 aliphatic heterocycles. The van der Waals surface area contributed by atoms with E-state index in [2.05, 4.69) is 5.32 Å². The topological polar surface area (TPSA) is 84.6 Å². The Balaban J connectivity index is 3.74. The molecule has 0 bridgehead atoms. The summed E-state index contributed by atoms with van der Waals surface area (Å²) < 4.78 is 4.96. The SMILES string of the molecule is COCC(CCO)NCC(C)C(N)=O. The summed E-state index contributed by atoms with van der Waals surface area (Å²) in [5.41, 5.74) is 5.11. The Morgan fingerprint density at radius 1 is 1.64 bits per heavy atom. The van der Waals surface area contributed by atoms with Gasteiger partial charge in [-0.05, 0) is 6.42 Å². The summed E-state index contributed by atoms with van der Waals surface area (Å²) in [7, 11) is 1.60. The lowest BCUT2D eigenvalue weighted by Gasteiger charge is -2.18. The van der Waals surface area contributed by atoms with E-state index in [0.29, 0.717) is 19.6 Å². The second-order valence-electron chi connectivity index (χ2n) is 3.38. The normalized spacial score (nSPS) is 15.1. The van der Waals surface area contributed by atoms with Crippen molar-refractivity contribution in [1.82, 2.24) is 5.32 Å². The van der Waals surface area contributed by atoms with E-state index in [0.717, 1.165) is 0 Å². The van der Waals surface area contributed by atoms with Crippen molar-refractivity contribution in [3.05, 3.63) is 0 Å². The minimum atomic E-state index is -0.322. The molecule has 14 heavy (non-hydrogen) atoms. The quantitative estimate of drug-likeness (QED) is 0.478. The molecule has 1 amide bonds. The number of aliphatic hydroxyl groups excluding tert-OH is 1. The third-order valence-corrected chi connectivity index (χ3v) is 2.04. The van der Waals surface area contributed by atoms with Gasteiger partial charge in [-0.15, -0.1) is 0 Å². The molecule has 5 nitrogen and oxygen atoms in total. The second-order valence-corrected chi connectivity index (χ2v) is 3.38. The number of carbonyl (C=O) groups excluding carboxylic acids is 1. The van der Waals surface area contributed by atoms with Crippen LogP contribution in [0.25, 0.3) is 0 Å². The van der Waals surface area contributed by atoms with Crippen LogP contribution in [-0.4, -0.2) is 43.9 Å². The first kappa shape index (κ1) is 13.4. The van der Waals surface area contributed by atoms with E-state index >= 15 is 0 Å². The number of amides is 1. The monoisotopic (exact) mass is 204 g/mol. The second kappa shape index (κ2) is 7.73. The van der Waals surface area contributed by atoms with Crippen molar-refractivity contribution in [2.45, 2.75) is 19.4 Å². The first-order valence-corrected chi connectivity index (χ1v) is 4.74. The van der Waals surface area contributed by atoms with E-state index in [9.17, 15) is 4.79 Å². The lowest BCUT2D eigenvalue weighted by atomic mass is 10.1. The predicted molar refractivity (Wildman–Crippen MR) is 53.7 cm³/mol. The highest BCUT2D eigenvalue weighted by molar-refractivity contribution is 5.76. The largest absolute Gasteiger partial charge is 0.396 e. The lowest BCUT2D eigenvalue weighted by Crippen LogP contribution is -2.39. The van der Waals surface area contributed by atoms with Crippen molar-refractivity contribution in [2.24, 2.45) is 11.7 Å². The van der Waals surface area contributed by atoms with Gasteiger partial charge in [0.25, 0.3) is 0 Å². The van der Waals surface area contributed by atoms with E-state index in [4.69, 9.17) is 15.6 Å². The Bertz CT molecular complexity index is 158. The highest BCUT2D eigenvalue weighted by Crippen LogP contribution is 1.95. The van der Waals surface area contributed by atoms with Gasteiger partial charge < -0.3 is 20.9 Å². The minimum absolute atomic E-state index is 0.0757. The van der Waals surface area contributed by atoms with Crippen LogP contribution in [0.5, 0.6) is 0 Å². The molecule has 84 valence electrons. The number of aliphatic hydroxyl groups is 1. The molecule has 0 saturated heterocycles. The van der Waals surface area contributed by atoms with Gasteiger partial charge in [-0.2, -0.15) is 0 Å². The molecule has 2 unspecified atom stereocenters. The maximum absolute atomic E-state index is 10.7. The van der Waals surface area contributed by atoms with Crippen LogP contribution in [0.1, 0.15) is 13.3 Å². The van der Waals surface area contributed by atoms with Crippen molar-refractivity contribution in [3.8, 4) is 0 Å². The van der Waals surface area contributed by atoms with E-state index in [1.165, 1.54) is 0 Å². The van der Waals surface area contributed by atoms with Crippen LogP contribution in [0, 0.1) is 5.92 Å². The molecule has 0 heterocycles. The molecule has 0 aliphatic carbocycles. The molecule has 0 radical (unpaired) electrons. The van der Waals surface area contributed by atoms with Gasteiger partial charge in [0.05, 0.1) is 6.61 Å². The summed E-state index contributed by atoms with van der Waals surface area (Å²) in [4.78, 5) is 10.7. The number of primary amides is 1. The molecule has 0 spiro atoms. The standard InChI is InChI=1S/C9H20N2O3/c1-7(9(10)13)5-11-8(3-4-12)6-14-2/h7-8,11-12H,3-6H2,1-2H3,(H2,10,13). The first-order chi connectivity index (χ1) is 6.61. The summed E-state index contributed by atoms with van der Waals surface area (Å²) in [6.45, 7) is 2.90. The van der Waals surface area contributed by atoms with E-state index in [1.807, 2.05) is 0 Å². The number of hydrogen-bond acceptors (Lipinski definition) is 4. The van der Waals surface area contributed by atoms with Crippen LogP contribution < -0.4 is 11.1 Å². The molecule has 0 rings (SSSR count). The minimum Gasteiger partial charge on any atom is -0.396 e. The van der Waals surface area contributed by atoms with Crippen LogP contribution in [0.15, 0.2) is 0 Å². The number of carbonyl (C=O) groups is 1. The van der Waals surface area contributed by atoms with E-state index in [-0.39, 0.29) is 24.5 Å². The zero-order valence-electron chi connectivity index (χ0n) is 8.82. The fraction of sp³-hybridized carbons (Fsp3) is 0.889. The van der Waals surface area contributed by atoms with Crippen LogP contribution in [0.3, 0.4) is 0 Å². The van der Waals surface area contributed by atoms with Crippen LogP contribution >= 0.6 is 0 Å². The lowest BCUT2D eigenvalue weighted by molar-refractivity contribution is -0.121. The molecule has 0 fully saturated rings. The number of nitrogens with two attached hydrogens (primary N) is 1. The third kappa shape index (κ3) is 5.90. The number of hydrogen-bond donors (Lipinski definition) is 3. The van der Waals surface area contributed by atoms with E-state index < -0.39 is 0 Å². The predicted octanol–water partition coefficient (Wildman–Crippen LogP) is -0.905. The van der Waals surface area contributed by atoms with Gasteiger partial charge in [-0.3, -0.25) is 4.79 Å². The fourth-order valence-electron chi connectivity index (χ4n) is 1.05. The maximum Gasteiger partial charge on any atom is 0.221 e. The summed E-state index contributed by atoms with van der Waals surface area (Å²) >= 11 is 0. The van der Waals surface area contributed by atoms with Crippen molar-refractivity contribution in [2.75, 3.05) is 26.9 Å². The molecule has 0 aliphatic rings. The summed E-state index contributed by atoms with van der Waals surface area (Å²) in [5, 5.41) is 11.9. The Morgan fingerprint density at radius 3 is 2.71 bits per heavy atom. The van der Waals surface area contributed by atoms with Gasteiger partial charge in [-0.1, -0.05) is 6.92 Å². The highest BCUT2D eigenvalue weighted by atomic mass is 16.5. The maximum atomic E-state index is 10.7. The Hall–Kier alpha value is -0.650. The summed E-state index contributed by atoms with van der Waals surface area (Å²) in [6.07, 6.45) is 0.610. The average molecular weight is 204 g/mol. The summed E-state index contributed by atoms with van der Waals surface area (Å²) in [6, 6.07) is 0.0757. The van der Waals surface area contributed by atoms with E-state index in [1.54, 1.807) is 14.0 Å². The molecular formula is C9H20N2O3. The van der Waals surface area contributed by atoms with Gasteiger partial charge in [0, 0.05) is 32.2 Å². The van der Waals surface area contributed by atoms with Gasteiger partial charge in [0.1, 0.15) is 0 Å². The number of nitrogens with one attached hydrogen (secondary N) is 1. The third-order valence-electron chi connectivity index (χ3n) is 2.04.